The largest absolute Gasteiger partial charge is 0.496 e. The van der Waals surface area contributed by atoms with Gasteiger partial charge in [0.15, 0.2) is 9.84 Å². The smallest absolute Gasteiger partial charge is 0.175 e. The first-order valence-corrected chi connectivity index (χ1v) is 9.85. The molecule has 0 radical (unpaired) electrons. The van der Waals surface area contributed by atoms with Gasteiger partial charge >= 0.3 is 0 Å². The molecule has 0 aliphatic heterocycles. The minimum absolute atomic E-state index is 0.274. The van der Waals surface area contributed by atoms with Gasteiger partial charge in [-0.25, -0.2) is 8.42 Å². The van der Waals surface area contributed by atoms with Crippen LogP contribution in [0.2, 0.25) is 0 Å². The van der Waals surface area contributed by atoms with Crippen LogP contribution in [0.15, 0.2) is 47.4 Å². The maximum Gasteiger partial charge on any atom is 0.175 e. The van der Waals surface area contributed by atoms with Crippen molar-refractivity contribution < 1.29 is 13.2 Å². The summed E-state index contributed by atoms with van der Waals surface area (Å²) < 4.78 is 28.7. The van der Waals surface area contributed by atoms with Crippen LogP contribution in [0.3, 0.4) is 0 Å². The minimum atomic E-state index is -3.16. The summed E-state index contributed by atoms with van der Waals surface area (Å²) in [5, 5.41) is 3.48. The average molecular weight is 347 g/mol. The molecule has 0 amide bonds. The van der Waals surface area contributed by atoms with Crippen LogP contribution in [-0.2, 0) is 22.8 Å². The summed E-state index contributed by atoms with van der Waals surface area (Å²) in [5.41, 5.74) is 3.03. The highest BCUT2D eigenvalue weighted by molar-refractivity contribution is 7.90. The van der Waals surface area contributed by atoms with E-state index in [1.807, 2.05) is 37.3 Å². The molecule has 0 fully saturated rings. The molecule has 0 aliphatic rings. The molecule has 0 heterocycles. The van der Waals surface area contributed by atoms with Crippen molar-refractivity contribution in [2.45, 2.75) is 37.8 Å². The number of nitrogens with one attached hydrogen (secondary N) is 1. The molecule has 0 spiro atoms. The lowest BCUT2D eigenvalue weighted by atomic mass is 10.1. The third-order valence-electron chi connectivity index (χ3n) is 4.01. The second kappa shape index (κ2) is 7.81. The first-order chi connectivity index (χ1) is 11.3. The van der Waals surface area contributed by atoms with E-state index >= 15 is 0 Å². The Labute approximate surface area is 144 Å². The molecule has 0 saturated heterocycles. The number of hydrogen-bond acceptors (Lipinski definition) is 4. The molecule has 1 N–H and O–H groups in total. The standard InChI is InChI=1S/C19H25NO3S/c1-14-11-16(9-10-19(14)24(4,21)22)13-20-15(2)12-17-7-5-6-8-18(17)23-3/h5-11,15,20H,12-13H2,1-4H3/t15-/m1/s1. The molecule has 0 saturated carbocycles. The number of rotatable bonds is 7. The Kier molecular flexibility index (Phi) is 6.02. The maximum atomic E-state index is 11.7. The topological polar surface area (TPSA) is 55.4 Å². The Morgan fingerprint density at radius 3 is 2.50 bits per heavy atom. The molecule has 0 bridgehead atoms. The number of aryl methyl sites for hydroxylation is 1. The third-order valence-corrected chi connectivity index (χ3v) is 5.27. The third kappa shape index (κ3) is 4.82. The fourth-order valence-electron chi connectivity index (χ4n) is 2.80. The zero-order valence-corrected chi connectivity index (χ0v) is 15.5. The lowest BCUT2D eigenvalue weighted by Gasteiger charge is -2.16. The van der Waals surface area contributed by atoms with E-state index in [0.29, 0.717) is 11.4 Å². The van der Waals surface area contributed by atoms with Gasteiger partial charge in [0.2, 0.25) is 0 Å². The van der Waals surface area contributed by atoms with Crippen LogP contribution in [0.25, 0.3) is 0 Å². The van der Waals surface area contributed by atoms with Crippen LogP contribution in [0.4, 0.5) is 0 Å². The monoisotopic (exact) mass is 347 g/mol. The minimum Gasteiger partial charge on any atom is -0.496 e. The molecule has 130 valence electrons. The van der Waals surface area contributed by atoms with Crippen molar-refractivity contribution in [2.24, 2.45) is 0 Å². The Hall–Kier alpha value is -1.85. The van der Waals surface area contributed by atoms with Gasteiger partial charge in [-0.3, -0.25) is 0 Å². The lowest BCUT2D eigenvalue weighted by molar-refractivity contribution is 0.406. The Balaban J connectivity index is 1.99. The van der Waals surface area contributed by atoms with E-state index in [2.05, 4.69) is 18.3 Å². The van der Waals surface area contributed by atoms with Crippen LogP contribution in [-0.4, -0.2) is 27.8 Å². The van der Waals surface area contributed by atoms with Gasteiger partial charge in [-0.2, -0.15) is 0 Å². The zero-order valence-electron chi connectivity index (χ0n) is 14.7. The Bertz CT molecular complexity index is 800. The SMILES string of the molecule is COc1ccccc1C[C@@H](C)NCc1ccc(S(C)(=O)=O)c(C)c1. The van der Waals surface area contributed by atoms with Gasteiger partial charge < -0.3 is 10.1 Å². The Morgan fingerprint density at radius 1 is 1.17 bits per heavy atom. The molecular weight excluding hydrogens is 322 g/mol. The molecule has 4 nitrogen and oxygen atoms in total. The highest BCUT2D eigenvalue weighted by Gasteiger charge is 2.12. The molecule has 0 aliphatic carbocycles. The molecule has 2 rings (SSSR count). The van der Waals surface area contributed by atoms with Crippen molar-refractivity contribution >= 4 is 9.84 Å². The van der Waals surface area contributed by atoms with Crippen molar-refractivity contribution in [1.29, 1.82) is 0 Å². The van der Waals surface area contributed by atoms with E-state index in [-0.39, 0.29) is 6.04 Å². The maximum absolute atomic E-state index is 11.7. The lowest BCUT2D eigenvalue weighted by Crippen LogP contribution is -2.27. The van der Waals surface area contributed by atoms with Crippen LogP contribution >= 0.6 is 0 Å². The van der Waals surface area contributed by atoms with E-state index < -0.39 is 9.84 Å². The molecule has 24 heavy (non-hydrogen) atoms. The number of para-hydroxylation sites is 1. The van der Waals surface area contributed by atoms with E-state index in [1.165, 1.54) is 11.8 Å². The normalized spacial score (nSPS) is 12.8. The van der Waals surface area contributed by atoms with Gasteiger partial charge in [0, 0.05) is 18.8 Å². The highest BCUT2D eigenvalue weighted by Crippen LogP contribution is 2.19. The van der Waals surface area contributed by atoms with E-state index in [0.717, 1.165) is 23.3 Å². The molecule has 1 atom stereocenters. The summed E-state index contributed by atoms with van der Waals surface area (Å²) in [5.74, 6) is 0.902. The van der Waals surface area contributed by atoms with Gasteiger partial charge in [-0.15, -0.1) is 0 Å². The number of benzene rings is 2. The van der Waals surface area contributed by atoms with Crippen molar-refractivity contribution in [3.63, 3.8) is 0 Å². The summed E-state index contributed by atoms with van der Waals surface area (Å²) in [4.78, 5) is 0.397. The highest BCUT2D eigenvalue weighted by atomic mass is 32.2. The predicted molar refractivity (Wildman–Crippen MR) is 97.3 cm³/mol. The van der Waals surface area contributed by atoms with Gasteiger partial charge in [0.1, 0.15) is 5.75 Å². The Morgan fingerprint density at radius 2 is 1.88 bits per heavy atom. The molecule has 0 unspecified atom stereocenters. The summed E-state index contributed by atoms with van der Waals surface area (Å²) in [7, 11) is -1.48. The van der Waals surface area contributed by atoms with Crippen molar-refractivity contribution in [3.8, 4) is 5.75 Å². The van der Waals surface area contributed by atoms with Gasteiger partial charge in [0.05, 0.1) is 12.0 Å². The van der Waals surface area contributed by atoms with E-state index in [4.69, 9.17) is 4.74 Å². The zero-order chi connectivity index (χ0) is 17.7. The first-order valence-electron chi connectivity index (χ1n) is 7.96. The molecule has 2 aromatic rings. The second-order valence-corrected chi connectivity index (χ2v) is 8.15. The molecule has 2 aromatic carbocycles. The fourth-order valence-corrected chi connectivity index (χ4v) is 3.76. The summed E-state index contributed by atoms with van der Waals surface area (Å²) in [6.45, 7) is 4.66. The van der Waals surface area contributed by atoms with Crippen LogP contribution in [0.5, 0.6) is 5.75 Å². The first kappa shape index (κ1) is 18.5. The quantitative estimate of drug-likeness (QED) is 0.836. The molecule has 0 aromatic heterocycles. The second-order valence-electron chi connectivity index (χ2n) is 6.17. The van der Waals surface area contributed by atoms with Crippen molar-refractivity contribution in [1.82, 2.24) is 5.32 Å². The summed E-state index contributed by atoms with van der Waals surface area (Å²) in [6, 6.07) is 13.8. The number of sulfone groups is 1. The number of ether oxygens (including phenoxy) is 1. The van der Waals surface area contributed by atoms with Gasteiger partial charge in [-0.1, -0.05) is 30.3 Å². The van der Waals surface area contributed by atoms with E-state index in [9.17, 15) is 8.42 Å². The number of methoxy groups -OCH3 is 1. The molecule has 5 heteroatoms. The average Bonchev–Trinajstić information content (AvgIpc) is 2.52. The fraction of sp³-hybridized carbons (Fsp3) is 0.368. The van der Waals surface area contributed by atoms with Crippen LogP contribution in [0.1, 0.15) is 23.6 Å². The van der Waals surface area contributed by atoms with Crippen LogP contribution < -0.4 is 10.1 Å². The summed E-state index contributed by atoms with van der Waals surface area (Å²) in [6.07, 6.45) is 2.10. The van der Waals surface area contributed by atoms with Crippen molar-refractivity contribution in [2.75, 3.05) is 13.4 Å². The molecular formula is C19H25NO3S. The van der Waals surface area contributed by atoms with Gasteiger partial charge in [0.25, 0.3) is 0 Å². The van der Waals surface area contributed by atoms with Gasteiger partial charge in [-0.05, 0) is 49.1 Å². The predicted octanol–water partition coefficient (Wildman–Crippen LogP) is 3.13. The summed E-state index contributed by atoms with van der Waals surface area (Å²) >= 11 is 0. The number of hydrogen-bond donors (Lipinski definition) is 1. The van der Waals surface area contributed by atoms with Crippen molar-refractivity contribution in [3.05, 3.63) is 59.2 Å². The van der Waals surface area contributed by atoms with E-state index in [1.54, 1.807) is 13.2 Å². The van der Waals surface area contributed by atoms with Crippen LogP contribution in [0, 0.1) is 6.92 Å².